The molecule has 18 heavy (non-hydrogen) atoms. The third kappa shape index (κ3) is 3.95. The lowest BCUT2D eigenvalue weighted by molar-refractivity contribution is -0.121. The first kappa shape index (κ1) is 13.3. The van der Waals surface area contributed by atoms with Crippen molar-refractivity contribution in [1.82, 2.24) is 0 Å². The largest absolute Gasteiger partial charge is 0.374 e. The molecule has 1 fully saturated rings. The van der Waals surface area contributed by atoms with E-state index in [2.05, 4.69) is 19.1 Å². The van der Waals surface area contributed by atoms with Crippen molar-refractivity contribution in [3.8, 4) is 0 Å². The van der Waals surface area contributed by atoms with Crippen molar-refractivity contribution in [2.24, 2.45) is 5.92 Å². The molecule has 2 atom stereocenters. The molecular formula is C16H22O2. The molecule has 0 N–H and O–H groups in total. The lowest BCUT2D eigenvalue weighted by atomic mass is 9.99. The highest BCUT2D eigenvalue weighted by atomic mass is 16.5. The van der Waals surface area contributed by atoms with Crippen LogP contribution in [-0.2, 0) is 16.1 Å². The maximum atomic E-state index is 11.5. The molecule has 0 bridgehead atoms. The van der Waals surface area contributed by atoms with Crippen molar-refractivity contribution < 1.29 is 9.53 Å². The Kier molecular flexibility index (Phi) is 4.94. The van der Waals surface area contributed by atoms with Gasteiger partial charge < -0.3 is 4.74 Å². The number of Topliss-reactive ketones (excluding diaryl/α,β-unsaturated/α-hetero) is 1. The first-order valence-electron chi connectivity index (χ1n) is 6.94. The third-order valence-corrected chi connectivity index (χ3v) is 3.73. The van der Waals surface area contributed by atoms with Crippen molar-refractivity contribution in [3.63, 3.8) is 0 Å². The Balaban J connectivity index is 1.66. The van der Waals surface area contributed by atoms with Crippen LogP contribution in [0.15, 0.2) is 30.3 Å². The normalized spacial score (nSPS) is 21.2. The van der Waals surface area contributed by atoms with E-state index < -0.39 is 0 Å². The zero-order chi connectivity index (χ0) is 12.8. The molecular weight excluding hydrogens is 224 g/mol. The molecule has 2 rings (SSSR count). The van der Waals surface area contributed by atoms with Gasteiger partial charge in [-0.2, -0.15) is 0 Å². The summed E-state index contributed by atoms with van der Waals surface area (Å²) in [4.78, 5) is 11.5. The second-order valence-corrected chi connectivity index (χ2v) is 5.24. The molecule has 98 valence electrons. The predicted molar refractivity (Wildman–Crippen MR) is 72.3 cm³/mol. The van der Waals surface area contributed by atoms with Gasteiger partial charge in [0.15, 0.2) is 0 Å². The van der Waals surface area contributed by atoms with Gasteiger partial charge in [-0.1, -0.05) is 30.3 Å². The first-order valence-corrected chi connectivity index (χ1v) is 6.94. The monoisotopic (exact) mass is 246 g/mol. The molecule has 1 aliphatic rings. The van der Waals surface area contributed by atoms with E-state index in [1.807, 2.05) is 18.2 Å². The van der Waals surface area contributed by atoms with Gasteiger partial charge in [0.1, 0.15) is 5.78 Å². The Labute approximate surface area is 109 Å². The summed E-state index contributed by atoms with van der Waals surface area (Å²) in [6.45, 7) is 2.77. The molecule has 2 unspecified atom stereocenters. The topological polar surface area (TPSA) is 26.3 Å². The van der Waals surface area contributed by atoms with E-state index >= 15 is 0 Å². The summed E-state index contributed by atoms with van der Waals surface area (Å²) in [6, 6.07) is 10.2. The van der Waals surface area contributed by atoms with Gasteiger partial charge >= 0.3 is 0 Å². The zero-order valence-corrected chi connectivity index (χ0v) is 11.1. The number of carbonyl (C=O) groups excluding carboxylic acids is 1. The summed E-state index contributed by atoms with van der Waals surface area (Å²) >= 11 is 0. The fourth-order valence-electron chi connectivity index (χ4n) is 2.53. The minimum Gasteiger partial charge on any atom is -0.374 e. The number of hydrogen-bond acceptors (Lipinski definition) is 2. The van der Waals surface area contributed by atoms with Gasteiger partial charge in [0.05, 0.1) is 12.7 Å². The summed E-state index contributed by atoms with van der Waals surface area (Å²) in [7, 11) is 0. The van der Waals surface area contributed by atoms with Crippen LogP contribution in [0, 0.1) is 5.92 Å². The molecule has 1 saturated carbocycles. The number of benzene rings is 1. The maximum Gasteiger partial charge on any atom is 0.135 e. The van der Waals surface area contributed by atoms with Crippen LogP contribution in [-0.4, -0.2) is 11.9 Å². The smallest absolute Gasteiger partial charge is 0.135 e. The fourth-order valence-corrected chi connectivity index (χ4v) is 2.53. The maximum absolute atomic E-state index is 11.5. The van der Waals surface area contributed by atoms with Gasteiger partial charge in [0, 0.05) is 12.3 Å². The second-order valence-electron chi connectivity index (χ2n) is 5.24. The highest BCUT2D eigenvalue weighted by Gasteiger charge is 2.24. The van der Waals surface area contributed by atoms with Gasteiger partial charge in [0.25, 0.3) is 0 Å². The van der Waals surface area contributed by atoms with E-state index in [1.54, 1.807) is 0 Å². The molecule has 0 aromatic heterocycles. The molecule has 0 heterocycles. The highest BCUT2D eigenvalue weighted by molar-refractivity contribution is 5.82. The zero-order valence-electron chi connectivity index (χ0n) is 11.1. The molecule has 0 spiro atoms. The van der Waals surface area contributed by atoms with Crippen LogP contribution in [0.25, 0.3) is 0 Å². The fraction of sp³-hybridized carbons (Fsp3) is 0.562. The van der Waals surface area contributed by atoms with E-state index in [1.165, 1.54) is 5.56 Å². The van der Waals surface area contributed by atoms with Gasteiger partial charge in [-0.25, -0.2) is 0 Å². The standard InChI is InChI=1S/C16H22O2/c1-13(10-11-15-8-5-9-16(15)17)18-12-14-6-3-2-4-7-14/h2-4,6-7,13,15H,5,8-12H2,1H3. The average Bonchev–Trinajstić information content (AvgIpc) is 2.81. The van der Waals surface area contributed by atoms with Crippen molar-refractivity contribution >= 4 is 5.78 Å². The highest BCUT2D eigenvalue weighted by Crippen LogP contribution is 2.26. The van der Waals surface area contributed by atoms with Crippen LogP contribution in [0.1, 0.15) is 44.6 Å². The van der Waals surface area contributed by atoms with Crippen molar-refractivity contribution in [2.45, 2.75) is 51.7 Å². The Hall–Kier alpha value is -1.15. The van der Waals surface area contributed by atoms with Crippen LogP contribution in [0.2, 0.25) is 0 Å². The average molecular weight is 246 g/mol. The summed E-state index contributed by atoms with van der Waals surface area (Å²) in [5.41, 5.74) is 1.21. The lowest BCUT2D eigenvalue weighted by Gasteiger charge is -2.15. The van der Waals surface area contributed by atoms with E-state index in [0.717, 1.165) is 32.1 Å². The van der Waals surface area contributed by atoms with Gasteiger partial charge in [-0.15, -0.1) is 0 Å². The van der Waals surface area contributed by atoms with Crippen LogP contribution < -0.4 is 0 Å². The molecule has 0 aliphatic heterocycles. The van der Waals surface area contributed by atoms with Gasteiger partial charge in [-0.3, -0.25) is 4.79 Å². The van der Waals surface area contributed by atoms with Crippen LogP contribution >= 0.6 is 0 Å². The molecule has 0 saturated heterocycles. The Bertz CT molecular complexity index is 372. The summed E-state index contributed by atoms with van der Waals surface area (Å²) < 4.78 is 5.81. The number of carbonyl (C=O) groups is 1. The van der Waals surface area contributed by atoms with Crippen molar-refractivity contribution in [3.05, 3.63) is 35.9 Å². The van der Waals surface area contributed by atoms with Crippen LogP contribution in [0.4, 0.5) is 0 Å². The number of hydrogen-bond donors (Lipinski definition) is 0. The van der Waals surface area contributed by atoms with E-state index in [9.17, 15) is 4.79 Å². The Morgan fingerprint density at radius 1 is 1.33 bits per heavy atom. The molecule has 2 heteroatoms. The minimum atomic E-state index is 0.235. The second kappa shape index (κ2) is 6.69. The number of ketones is 1. The van der Waals surface area contributed by atoms with Crippen molar-refractivity contribution in [2.75, 3.05) is 0 Å². The van der Waals surface area contributed by atoms with Gasteiger partial charge in [0.2, 0.25) is 0 Å². The van der Waals surface area contributed by atoms with Crippen LogP contribution in [0.5, 0.6) is 0 Å². The van der Waals surface area contributed by atoms with E-state index in [0.29, 0.717) is 18.3 Å². The first-order chi connectivity index (χ1) is 8.75. The number of ether oxygens (including phenoxy) is 1. The molecule has 0 radical (unpaired) electrons. The lowest BCUT2D eigenvalue weighted by Crippen LogP contribution is -2.13. The SMILES string of the molecule is CC(CCC1CCCC1=O)OCc1ccccc1. The van der Waals surface area contributed by atoms with E-state index in [4.69, 9.17) is 4.74 Å². The van der Waals surface area contributed by atoms with Crippen molar-refractivity contribution in [1.29, 1.82) is 0 Å². The molecule has 1 aliphatic carbocycles. The van der Waals surface area contributed by atoms with E-state index in [-0.39, 0.29) is 6.10 Å². The quantitative estimate of drug-likeness (QED) is 0.764. The predicted octanol–water partition coefficient (Wildman–Crippen LogP) is 3.74. The number of rotatable bonds is 6. The van der Waals surface area contributed by atoms with Crippen LogP contribution in [0.3, 0.4) is 0 Å². The summed E-state index contributed by atoms with van der Waals surface area (Å²) in [6.07, 6.45) is 5.19. The summed E-state index contributed by atoms with van der Waals surface area (Å²) in [5.74, 6) is 0.776. The van der Waals surface area contributed by atoms with Gasteiger partial charge in [-0.05, 0) is 38.2 Å². The Morgan fingerprint density at radius 2 is 2.11 bits per heavy atom. The molecule has 1 aromatic carbocycles. The molecule has 2 nitrogen and oxygen atoms in total. The molecule has 1 aromatic rings. The summed E-state index contributed by atoms with van der Waals surface area (Å²) in [5, 5.41) is 0. The Morgan fingerprint density at radius 3 is 2.78 bits per heavy atom. The molecule has 0 amide bonds. The third-order valence-electron chi connectivity index (χ3n) is 3.73. The minimum absolute atomic E-state index is 0.235.